The molecule has 0 atom stereocenters. The van der Waals surface area contributed by atoms with E-state index in [0.29, 0.717) is 6.08 Å². The number of hydrogen-bond donors (Lipinski definition) is 0. The van der Waals surface area contributed by atoms with Crippen molar-refractivity contribution in [3.05, 3.63) is 12.1 Å². The Bertz CT molecular complexity index is 156. The van der Waals surface area contributed by atoms with Crippen molar-refractivity contribution in [2.45, 2.75) is 0 Å². The summed E-state index contributed by atoms with van der Waals surface area (Å²) < 4.78 is 37.9. The molecule has 0 rings (SSSR count). The molecule has 0 aromatic rings. The van der Waals surface area contributed by atoms with Gasteiger partial charge in [-0.1, -0.05) is 0 Å². The van der Waals surface area contributed by atoms with E-state index in [1.165, 1.54) is 0 Å². The van der Waals surface area contributed by atoms with Crippen LogP contribution in [0.5, 0.6) is 0 Å². The van der Waals surface area contributed by atoms with Crippen LogP contribution in [0, 0.1) is 0 Å². The molecule has 0 saturated heterocycles. The van der Waals surface area contributed by atoms with E-state index >= 15 is 0 Å². The Balaban J connectivity index is 0. The number of halogens is 3. The van der Waals surface area contributed by atoms with Gasteiger partial charge in [-0.3, -0.25) is 0 Å². The van der Waals surface area contributed by atoms with Crippen molar-refractivity contribution >= 4 is 12.9 Å². The van der Waals surface area contributed by atoms with Gasteiger partial charge in [-0.25, -0.2) is 4.79 Å². The Hall–Kier alpha value is 0.701. The molecule has 0 radical (unpaired) electrons. The summed E-state index contributed by atoms with van der Waals surface area (Å²) in [6.45, 7) is -5.02. The van der Waals surface area contributed by atoms with Crippen molar-refractivity contribution in [2.24, 2.45) is 0 Å². The summed E-state index contributed by atoms with van der Waals surface area (Å²) in [5, 5.41) is 0. The predicted octanol–water partition coefficient (Wildman–Crippen LogP) is -1.89. The summed E-state index contributed by atoms with van der Waals surface area (Å²) in [4.78, 5) is 10.1. The van der Waals surface area contributed by atoms with Gasteiger partial charge in [0.2, 0.25) is 0 Å². The average molecular weight is 192 g/mol. The van der Waals surface area contributed by atoms with Gasteiger partial charge in [0.1, 0.15) is 0 Å². The van der Waals surface area contributed by atoms with Crippen molar-refractivity contribution in [3.8, 4) is 0 Å². The number of rotatable bonds is 2. The van der Waals surface area contributed by atoms with Crippen LogP contribution in [-0.2, 0) is 9.53 Å². The van der Waals surface area contributed by atoms with Crippen LogP contribution >= 0.6 is 0 Å². The molecule has 0 aromatic carbocycles. The molecule has 0 aliphatic heterocycles. The fourth-order valence-electron chi connectivity index (χ4n) is 0.256. The molecule has 0 amide bonds. The minimum absolute atomic E-state index is 0. The zero-order valence-corrected chi connectivity index (χ0v) is 9.31. The Labute approximate surface area is 105 Å². The molecule has 7 heteroatoms. The second-order valence-electron chi connectivity index (χ2n) is 1.51. The minimum Gasteiger partial charge on any atom is -0.466 e. The molecule has 0 aromatic heterocycles. The van der Waals surface area contributed by atoms with Crippen molar-refractivity contribution < 1.29 is 73.9 Å². The van der Waals surface area contributed by atoms with E-state index in [2.05, 4.69) is 4.74 Å². The predicted molar refractivity (Wildman–Crippen MR) is 30.2 cm³/mol. The smallest absolute Gasteiger partial charge is 0.466 e. The maximum atomic E-state index is 11.3. The van der Waals surface area contributed by atoms with E-state index in [1.54, 1.807) is 0 Å². The van der Waals surface area contributed by atoms with Crippen LogP contribution in [0.3, 0.4) is 0 Å². The van der Waals surface area contributed by atoms with Gasteiger partial charge in [-0.05, 0) is 6.08 Å². The Kier molecular flexibility index (Phi) is 8.08. The van der Waals surface area contributed by atoms with Gasteiger partial charge in [-0.15, -0.1) is 5.98 Å². The summed E-state index contributed by atoms with van der Waals surface area (Å²) in [5.41, 5.74) is 0. The minimum atomic E-state index is -5.02. The molecule has 0 saturated carbocycles. The van der Waals surface area contributed by atoms with E-state index in [4.69, 9.17) is 0 Å². The van der Waals surface area contributed by atoms with Gasteiger partial charge < -0.3 is 17.7 Å². The summed E-state index contributed by atoms with van der Waals surface area (Å²) in [5.74, 6) is -1.12. The monoisotopic (exact) mass is 192 g/mol. The quantitative estimate of drug-likeness (QED) is 0.290. The molecule has 0 aliphatic carbocycles. The van der Waals surface area contributed by atoms with Crippen LogP contribution in [0.4, 0.5) is 12.9 Å². The third kappa shape index (κ3) is 10.7. The summed E-state index contributed by atoms with van der Waals surface area (Å²) in [6, 6.07) is 0. The largest absolute Gasteiger partial charge is 1.00 e. The number of ether oxygens (including phenoxy) is 1. The molecule has 0 bridgehead atoms. The van der Waals surface area contributed by atoms with Gasteiger partial charge in [-0.2, -0.15) is 0 Å². The maximum absolute atomic E-state index is 11.3. The molecule has 0 heterocycles. The second kappa shape index (κ2) is 6.24. The molecule has 0 unspecified atom stereocenters. The first-order chi connectivity index (χ1) is 4.45. The van der Waals surface area contributed by atoms with Gasteiger partial charge in [0.05, 0.1) is 7.11 Å². The van der Waals surface area contributed by atoms with E-state index in [9.17, 15) is 17.7 Å². The van der Waals surface area contributed by atoms with Gasteiger partial charge in [0.25, 0.3) is 0 Å². The van der Waals surface area contributed by atoms with E-state index < -0.39 is 12.9 Å². The number of hydrogen-bond acceptors (Lipinski definition) is 2. The maximum Gasteiger partial charge on any atom is 1.00 e. The number of esters is 1. The van der Waals surface area contributed by atoms with Gasteiger partial charge in [0, 0.05) is 0 Å². The zero-order chi connectivity index (χ0) is 8.20. The van der Waals surface area contributed by atoms with Crippen molar-refractivity contribution in [2.75, 3.05) is 7.11 Å². The van der Waals surface area contributed by atoms with Crippen LogP contribution in [0.2, 0.25) is 0 Å². The van der Waals surface area contributed by atoms with Crippen LogP contribution in [0.15, 0.2) is 12.1 Å². The molecule has 11 heavy (non-hydrogen) atoms. The topological polar surface area (TPSA) is 26.3 Å². The summed E-state index contributed by atoms with van der Waals surface area (Å²) in [6.07, 6.45) is 0.347. The normalized spacial score (nSPS) is 10.9. The molecule has 2 nitrogen and oxygen atoms in total. The zero-order valence-electron chi connectivity index (χ0n) is 6.18. The molecule has 0 spiro atoms. The van der Waals surface area contributed by atoms with Crippen LogP contribution < -0.4 is 51.4 Å². The second-order valence-corrected chi connectivity index (χ2v) is 1.51. The first kappa shape index (κ1) is 14.2. The van der Waals surface area contributed by atoms with Crippen molar-refractivity contribution in [1.82, 2.24) is 0 Å². The standard InChI is InChI=1S/C4H5BF3O2.K/c1-10-4(9)2-3-5(6,7)8;/h2-3H,1H3;/q-1;+1/b3-2+;. The molecule has 0 N–H and O–H groups in total. The molecule has 58 valence electrons. The SMILES string of the molecule is COC(=O)/C=C/[B-](F)(F)F.[K+]. The Morgan fingerprint density at radius 1 is 1.45 bits per heavy atom. The fraction of sp³-hybridized carbons (Fsp3) is 0.250. The molecular weight excluding hydrogens is 187 g/mol. The number of carbonyl (C=O) groups is 1. The van der Waals surface area contributed by atoms with E-state index in [0.717, 1.165) is 7.11 Å². The first-order valence-electron chi connectivity index (χ1n) is 2.43. The van der Waals surface area contributed by atoms with E-state index in [-0.39, 0.29) is 57.4 Å². The number of methoxy groups -OCH3 is 1. The Morgan fingerprint density at radius 3 is 2.18 bits per heavy atom. The fourth-order valence-corrected chi connectivity index (χ4v) is 0.256. The Morgan fingerprint density at radius 2 is 1.91 bits per heavy atom. The van der Waals surface area contributed by atoms with Gasteiger partial charge >= 0.3 is 64.3 Å². The summed E-state index contributed by atoms with van der Waals surface area (Å²) >= 11 is 0. The summed E-state index contributed by atoms with van der Waals surface area (Å²) in [7, 11) is 1.01. The third-order valence-electron chi connectivity index (χ3n) is 0.652. The average Bonchev–Trinajstić information content (AvgIpc) is 1.81. The molecule has 0 fully saturated rings. The van der Waals surface area contributed by atoms with Crippen molar-refractivity contribution in [3.63, 3.8) is 0 Å². The molecule has 0 aliphatic rings. The van der Waals surface area contributed by atoms with Crippen LogP contribution in [0.1, 0.15) is 0 Å². The van der Waals surface area contributed by atoms with Gasteiger partial charge in [0.15, 0.2) is 0 Å². The van der Waals surface area contributed by atoms with Crippen molar-refractivity contribution in [1.29, 1.82) is 0 Å². The number of carbonyl (C=O) groups excluding carboxylic acids is 1. The molecular formula is C4H5BF3KO2. The van der Waals surface area contributed by atoms with Crippen LogP contribution in [-0.4, -0.2) is 20.1 Å². The first-order valence-corrected chi connectivity index (χ1v) is 2.43. The van der Waals surface area contributed by atoms with Crippen LogP contribution in [0.25, 0.3) is 0 Å². The third-order valence-corrected chi connectivity index (χ3v) is 0.652. The van der Waals surface area contributed by atoms with E-state index in [1.807, 2.05) is 0 Å².